The first-order chi connectivity index (χ1) is 9.91. The number of hydrogen-bond donors (Lipinski definition) is 1. The molecule has 1 N–H and O–H groups in total. The van der Waals surface area contributed by atoms with E-state index in [2.05, 4.69) is 27.9 Å². The third kappa shape index (κ3) is 3.43. The Labute approximate surface area is 136 Å². The van der Waals surface area contributed by atoms with Gasteiger partial charge in [-0.15, -0.1) is 0 Å². The smallest absolute Gasteiger partial charge is 0.270 e. The van der Waals surface area contributed by atoms with Crippen LogP contribution in [0.4, 0.5) is 11.4 Å². The first-order valence-corrected chi connectivity index (χ1v) is 7.62. The fraction of sp³-hybridized carbons (Fsp3) is 0.462. The summed E-state index contributed by atoms with van der Waals surface area (Å²) in [4.78, 5) is 26.3. The molecule has 1 atom stereocenters. The molecule has 0 aromatic heterocycles. The van der Waals surface area contributed by atoms with Gasteiger partial charge in [0.05, 0.1) is 10.6 Å². The zero-order chi connectivity index (χ0) is 15.6. The van der Waals surface area contributed by atoms with Gasteiger partial charge in [0.1, 0.15) is 6.04 Å². The van der Waals surface area contributed by atoms with E-state index in [4.69, 9.17) is 0 Å². The van der Waals surface area contributed by atoms with E-state index in [1.165, 1.54) is 12.1 Å². The number of carbonyl (C=O) groups is 1. The third-order valence-electron chi connectivity index (χ3n) is 3.42. The highest BCUT2D eigenvalue weighted by Gasteiger charge is 2.31. The van der Waals surface area contributed by atoms with Crippen LogP contribution in [0.5, 0.6) is 0 Å². The molecule has 0 aliphatic carbocycles. The molecule has 1 aromatic rings. The number of non-ortho nitro benzene ring substituents is 1. The van der Waals surface area contributed by atoms with E-state index >= 15 is 0 Å². The number of nitro groups is 1. The Bertz CT molecular complexity index is 564. The summed E-state index contributed by atoms with van der Waals surface area (Å²) in [5.41, 5.74) is 0.927. The second-order valence-corrected chi connectivity index (χ2v) is 6.20. The number of rotatable bonds is 3. The Morgan fingerprint density at radius 1 is 1.52 bits per heavy atom. The largest absolute Gasteiger partial charge is 0.356 e. The predicted molar refractivity (Wildman–Crippen MR) is 88.5 cm³/mol. The van der Waals surface area contributed by atoms with Gasteiger partial charge < -0.3 is 15.1 Å². The molecule has 2 rings (SSSR count). The molecule has 1 aliphatic rings. The average molecular weight is 404 g/mol. The summed E-state index contributed by atoms with van der Waals surface area (Å²) in [5, 5.41) is 14.0. The zero-order valence-electron chi connectivity index (χ0n) is 11.9. The van der Waals surface area contributed by atoms with Gasteiger partial charge in [0.2, 0.25) is 5.91 Å². The lowest BCUT2D eigenvalue weighted by Gasteiger charge is -2.38. The third-order valence-corrected chi connectivity index (χ3v) is 4.28. The quantitative estimate of drug-likeness (QED) is 0.463. The van der Waals surface area contributed by atoms with Crippen molar-refractivity contribution in [1.82, 2.24) is 10.2 Å². The van der Waals surface area contributed by atoms with Crippen molar-refractivity contribution in [3.05, 3.63) is 31.9 Å². The lowest BCUT2D eigenvalue weighted by Crippen LogP contribution is -2.58. The van der Waals surface area contributed by atoms with Crippen LogP contribution in [-0.2, 0) is 4.79 Å². The van der Waals surface area contributed by atoms with Crippen LogP contribution in [0, 0.1) is 13.7 Å². The van der Waals surface area contributed by atoms with Crippen molar-refractivity contribution in [2.75, 3.05) is 38.6 Å². The highest BCUT2D eigenvalue weighted by molar-refractivity contribution is 14.1. The molecule has 1 heterocycles. The number of nitro benzene ring substituents is 1. The minimum absolute atomic E-state index is 0.0244. The van der Waals surface area contributed by atoms with Crippen LogP contribution in [0.3, 0.4) is 0 Å². The Balaban J connectivity index is 2.33. The number of anilines is 1. The maximum Gasteiger partial charge on any atom is 0.270 e. The molecule has 1 aromatic carbocycles. The summed E-state index contributed by atoms with van der Waals surface area (Å²) in [5.74, 6) is 0.0244. The second-order valence-electron chi connectivity index (χ2n) is 5.04. The van der Waals surface area contributed by atoms with Crippen LogP contribution in [0.1, 0.15) is 0 Å². The molecule has 0 radical (unpaired) electrons. The summed E-state index contributed by atoms with van der Waals surface area (Å²) in [6.07, 6.45) is 0. The normalized spacial score (nSPS) is 18.4. The molecular formula is C13H17IN4O3. The number of amides is 1. The molecule has 1 aliphatic heterocycles. The van der Waals surface area contributed by atoms with Crippen LogP contribution in [0.2, 0.25) is 0 Å². The molecule has 0 spiro atoms. The standard InChI is InChI=1S/C13H17IN4O3/c1-16(2)13(19)12-8-15-5-6-17(12)11-4-3-9(18(20)21)7-10(11)14/h3-4,7,12,15H,5-6,8H2,1-2H3. The molecular weight excluding hydrogens is 387 g/mol. The number of hydrogen-bond acceptors (Lipinski definition) is 5. The molecule has 114 valence electrons. The molecule has 0 bridgehead atoms. The molecule has 7 nitrogen and oxygen atoms in total. The summed E-state index contributed by atoms with van der Waals surface area (Å²) < 4.78 is 0.778. The number of likely N-dealkylation sites (N-methyl/N-ethyl adjacent to an activating group) is 1. The minimum atomic E-state index is -0.411. The van der Waals surface area contributed by atoms with E-state index < -0.39 is 4.92 Å². The summed E-state index contributed by atoms with van der Waals surface area (Å²) >= 11 is 2.08. The van der Waals surface area contributed by atoms with Gasteiger partial charge in [-0.3, -0.25) is 14.9 Å². The van der Waals surface area contributed by atoms with Gasteiger partial charge in [0.15, 0.2) is 0 Å². The molecule has 1 saturated heterocycles. The summed E-state index contributed by atoms with van der Waals surface area (Å²) in [6, 6.07) is 4.45. The van der Waals surface area contributed by atoms with E-state index in [1.54, 1.807) is 25.1 Å². The van der Waals surface area contributed by atoms with Crippen LogP contribution in [0.15, 0.2) is 18.2 Å². The Morgan fingerprint density at radius 3 is 2.81 bits per heavy atom. The van der Waals surface area contributed by atoms with Gasteiger partial charge in [-0.25, -0.2) is 0 Å². The van der Waals surface area contributed by atoms with Crippen molar-refractivity contribution in [2.45, 2.75) is 6.04 Å². The van der Waals surface area contributed by atoms with Gasteiger partial charge in [-0.05, 0) is 28.7 Å². The van der Waals surface area contributed by atoms with Gasteiger partial charge >= 0.3 is 0 Å². The van der Waals surface area contributed by atoms with Crippen molar-refractivity contribution in [3.8, 4) is 0 Å². The Kier molecular flexibility index (Phi) is 4.99. The van der Waals surface area contributed by atoms with E-state index in [-0.39, 0.29) is 17.6 Å². The number of carbonyl (C=O) groups excluding carboxylic acids is 1. The Hall–Kier alpha value is -1.42. The van der Waals surface area contributed by atoms with Crippen LogP contribution in [0.25, 0.3) is 0 Å². The molecule has 0 saturated carbocycles. The van der Waals surface area contributed by atoms with Gasteiger partial charge in [-0.2, -0.15) is 0 Å². The van der Waals surface area contributed by atoms with Gasteiger partial charge in [0, 0.05) is 49.4 Å². The molecule has 1 amide bonds. The van der Waals surface area contributed by atoms with E-state index in [0.717, 1.165) is 15.8 Å². The zero-order valence-corrected chi connectivity index (χ0v) is 14.0. The minimum Gasteiger partial charge on any atom is -0.356 e. The summed E-state index contributed by atoms with van der Waals surface area (Å²) in [6.45, 7) is 2.05. The van der Waals surface area contributed by atoms with Crippen LogP contribution >= 0.6 is 22.6 Å². The predicted octanol–water partition coefficient (Wildman–Crippen LogP) is 1.07. The summed E-state index contributed by atoms with van der Waals surface area (Å²) in [7, 11) is 3.46. The van der Waals surface area contributed by atoms with Crippen molar-refractivity contribution in [2.24, 2.45) is 0 Å². The number of nitrogens with zero attached hydrogens (tertiary/aromatic N) is 3. The van der Waals surface area contributed by atoms with Crippen molar-refractivity contribution in [3.63, 3.8) is 0 Å². The monoisotopic (exact) mass is 404 g/mol. The van der Waals surface area contributed by atoms with Gasteiger partial charge in [-0.1, -0.05) is 0 Å². The highest BCUT2D eigenvalue weighted by atomic mass is 127. The maximum absolute atomic E-state index is 12.3. The maximum atomic E-state index is 12.3. The van der Waals surface area contributed by atoms with Crippen molar-refractivity contribution >= 4 is 39.9 Å². The van der Waals surface area contributed by atoms with E-state index in [0.29, 0.717) is 13.1 Å². The lowest BCUT2D eigenvalue weighted by atomic mass is 10.1. The fourth-order valence-corrected chi connectivity index (χ4v) is 3.16. The SMILES string of the molecule is CN(C)C(=O)C1CNCCN1c1ccc([N+](=O)[O-])cc1I. The Morgan fingerprint density at radius 2 is 2.24 bits per heavy atom. The highest BCUT2D eigenvalue weighted by Crippen LogP contribution is 2.29. The molecule has 1 fully saturated rings. The number of benzene rings is 1. The first kappa shape index (κ1) is 16.0. The van der Waals surface area contributed by atoms with E-state index in [1.807, 2.05) is 4.90 Å². The molecule has 1 unspecified atom stereocenters. The topological polar surface area (TPSA) is 78.7 Å². The first-order valence-electron chi connectivity index (χ1n) is 6.54. The van der Waals surface area contributed by atoms with Crippen molar-refractivity contribution < 1.29 is 9.72 Å². The fourth-order valence-electron chi connectivity index (χ4n) is 2.35. The lowest BCUT2D eigenvalue weighted by molar-refractivity contribution is -0.384. The second kappa shape index (κ2) is 6.56. The van der Waals surface area contributed by atoms with Crippen molar-refractivity contribution in [1.29, 1.82) is 0 Å². The number of nitrogens with one attached hydrogen (secondary N) is 1. The number of halogens is 1. The van der Waals surface area contributed by atoms with Crippen LogP contribution in [-0.4, -0.2) is 55.5 Å². The average Bonchev–Trinajstić information content (AvgIpc) is 2.46. The molecule has 21 heavy (non-hydrogen) atoms. The van der Waals surface area contributed by atoms with Gasteiger partial charge in [0.25, 0.3) is 5.69 Å². The van der Waals surface area contributed by atoms with Crippen LogP contribution < -0.4 is 10.2 Å². The molecule has 8 heteroatoms. The number of piperazine rings is 1. The van der Waals surface area contributed by atoms with E-state index in [9.17, 15) is 14.9 Å².